The minimum absolute atomic E-state index is 0.167. The normalized spacial score (nSPS) is 25.0. The predicted octanol–water partition coefficient (Wildman–Crippen LogP) is 1.94. The standard InChI is InChI=1S/C16H23N5O2/c1-10-17-16(19-18-10)14-7-11(22-2)8-21(14)9-13-12-5-3-4-6-15(12)23-20-13/h11,14H,3-9H2,1-2H3,(H,17,18,19)/t11-,14+/m1/s1. The molecule has 4 rings (SSSR count). The van der Waals surface area contributed by atoms with Crippen LogP contribution in [0.5, 0.6) is 0 Å². The Morgan fingerprint density at radius 2 is 2.22 bits per heavy atom. The van der Waals surface area contributed by atoms with Crippen molar-refractivity contribution in [1.82, 2.24) is 25.2 Å². The molecular weight excluding hydrogens is 294 g/mol. The lowest BCUT2D eigenvalue weighted by Gasteiger charge is -2.21. The van der Waals surface area contributed by atoms with Crippen LogP contribution in [0.25, 0.3) is 0 Å². The van der Waals surface area contributed by atoms with Crippen molar-refractivity contribution in [2.45, 2.75) is 57.7 Å². The van der Waals surface area contributed by atoms with E-state index in [2.05, 4.69) is 25.2 Å². The van der Waals surface area contributed by atoms with E-state index in [0.29, 0.717) is 0 Å². The summed E-state index contributed by atoms with van der Waals surface area (Å²) in [6.07, 6.45) is 5.66. The minimum atomic E-state index is 0.167. The van der Waals surface area contributed by atoms with E-state index in [1.807, 2.05) is 6.92 Å². The monoisotopic (exact) mass is 317 g/mol. The molecule has 2 aromatic heterocycles. The first-order valence-corrected chi connectivity index (χ1v) is 8.36. The molecule has 0 spiro atoms. The highest BCUT2D eigenvalue weighted by atomic mass is 16.5. The van der Waals surface area contributed by atoms with E-state index < -0.39 is 0 Å². The Hall–Kier alpha value is -1.73. The molecule has 124 valence electrons. The molecule has 0 bridgehead atoms. The van der Waals surface area contributed by atoms with E-state index in [-0.39, 0.29) is 12.1 Å². The van der Waals surface area contributed by atoms with Gasteiger partial charge in [-0.2, -0.15) is 5.10 Å². The summed E-state index contributed by atoms with van der Waals surface area (Å²) < 4.78 is 11.1. The molecule has 2 atom stereocenters. The summed E-state index contributed by atoms with van der Waals surface area (Å²) in [7, 11) is 1.77. The number of likely N-dealkylation sites (tertiary alicyclic amines) is 1. The number of methoxy groups -OCH3 is 1. The SMILES string of the molecule is CO[C@@H]1C[C@@H](c2n[nH]c(C)n2)N(Cc2noc3c2CCCC3)C1. The molecule has 0 saturated carbocycles. The third kappa shape index (κ3) is 2.79. The Kier molecular flexibility index (Phi) is 3.90. The fourth-order valence-corrected chi connectivity index (χ4v) is 3.75. The molecule has 23 heavy (non-hydrogen) atoms. The Bertz CT molecular complexity index is 680. The van der Waals surface area contributed by atoms with Crippen LogP contribution >= 0.6 is 0 Å². The second-order valence-electron chi connectivity index (χ2n) is 6.56. The van der Waals surface area contributed by atoms with E-state index in [4.69, 9.17) is 9.26 Å². The van der Waals surface area contributed by atoms with Gasteiger partial charge in [0.15, 0.2) is 5.82 Å². The van der Waals surface area contributed by atoms with Crippen molar-refractivity contribution in [2.24, 2.45) is 0 Å². The third-order valence-electron chi connectivity index (χ3n) is 5.00. The van der Waals surface area contributed by atoms with Gasteiger partial charge < -0.3 is 9.26 Å². The summed E-state index contributed by atoms with van der Waals surface area (Å²) in [4.78, 5) is 6.89. The van der Waals surface area contributed by atoms with E-state index in [0.717, 1.165) is 55.5 Å². The summed E-state index contributed by atoms with van der Waals surface area (Å²) >= 11 is 0. The molecule has 2 aliphatic rings. The van der Waals surface area contributed by atoms with Gasteiger partial charge in [-0.3, -0.25) is 10.00 Å². The highest BCUT2D eigenvalue weighted by Crippen LogP contribution is 2.34. The molecular formula is C16H23N5O2. The van der Waals surface area contributed by atoms with Gasteiger partial charge >= 0.3 is 0 Å². The average Bonchev–Trinajstić information content (AvgIpc) is 3.27. The van der Waals surface area contributed by atoms with Crippen LogP contribution < -0.4 is 0 Å². The number of nitrogens with one attached hydrogen (secondary N) is 1. The van der Waals surface area contributed by atoms with E-state index in [1.54, 1.807) is 7.11 Å². The molecule has 3 heterocycles. The lowest BCUT2D eigenvalue weighted by molar-refractivity contribution is 0.107. The number of hydrogen-bond acceptors (Lipinski definition) is 6. The highest BCUT2D eigenvalue weighted by Gasteiger charge is 2.36. The van der Waals surface area contributed by atoms with E-state index in [9.17, 15) is 0 Å². The second-order valence-corrected chi connectivity index (χ2v) is 6.56. The Morgan fingerprint density at radius 1 is 1.35 bits per heavy atom. The van der Waals surface area contributed by atoms with Gasteiger partial charge in [-0.15, -0.1) is 0 Å². The number of nitrogens with zero attached hydrogens (tertiary/aromatic N) is 4. The number of aromatic amines is 1. The average molecular weight is 317 g/mol. The van der Waals surface area contributed by atoms with Crippen LogP contribution in [0, 0.1) is 6.92 Å². The van der Waals surface area contributed by atoms with Crippen LogP contribution in [-0.2, 0) is 24.1 Å². The maximum absolute atomic E-state index is 5.58. The fourth-order valence-electron chi connectivity index (χ4n) is 3.75. The van der Waals surface area contributed by atoms with Gasteiger partial charge in [0, 0.05) is 32.2 Å². The fraction of sp³-hybridized carbons (Fsp3) is 0.688. The Balaban J connectivity index is 1.57. The number of fused-ring (bicyclic) bond motifs is 1. The quantitative estimate of drug-likeness (QED) is 0.928. The van der Waals surface area contributed by atoms with Crippen molar-refractivity contribution in [3.63, 3.8) is 0 Å². The summed E-state index contributed by atoms with van der Waals surface area (Å²) in [6.45, 7) is 3.57. The van der Waals surface area contributed by atoms with Gasteiger partial charge in [0.1, 0.15) is 17.3 Å². The first-order valence-electron chi connectivity index (χ1n) is 8.36. The predicted molar refractivity (Wildman–Crippen MR) is 82.8 cm³/mol. The smallest absolute Gasteiger partial charge is 0.167 e. The molecule has 1 aliphatic heterocycles. The molecule has 1 fully saturated rings. The number of hydrogen-bond donors (Lipinski definition) is 1. The van der Waals surface area contributed by atoms with E-state index >= 15 is 0 Å². The van der Waals surface area contributed by atoms with Crippen LogP contribution in [0.1, 0.15) is 54.0 Å². The lowest BCUT2D eigenvalue weighted by atomic mass is 9.96. The summed E-state index contributed by atoms with van der Waals surface area (Å²) in [6, 6.07) is 0.167. The number of aromatic nitrogens is 4. The molecule has 0 radical (unpaired) electrons. The zero-order chi connectivity index (χ0) is 15.8. The largest absolute Gasteiger partial charge is 0.380 e. The van der Waals surface area contributed by atoms with Gasteiger partial charge in [0.2, 0.25) is 0 Å². The first-order chi connectivity index (χ1) is 11.2. The van der Waals surface area contributed by atoms with Gasteiger partial charge in [0.05, 0.1) is 12.1 Å². The molecule has 0 unspecified atom stereocenters. The maximum atomic E-state index is 5.58. The van der Waals surface area contributed by atoms with Crippen molar-refractivity contribution in [1.29, 1.82) is 0 Å². The number of ether oxygens (including phenoxy) is 1. The van der Waals surface area contributed by atoms with Crippen molar-refractivity contribution >= 4 is 0 Å². The van der Waals surface area contributed by atoms with E-state index in [1.165, 1.54) is 18.4 Å². The van der Waals surface area contributed by atoms with Crippen molar-refractivity contribution in [3.05, 3.63) is 28.7 Å². The molecule has 2 aromatic rings. The molecule has 1 saturated heterocycles. The molecule has 0 aromatic carbocycles. The zero-order valence-corrected chi connectivity index (χ0v) is 13.7. The second kappa shape index (κ2) is 6.05. The molecule has 1 N–H and O–H groups in total. The van der Waals surface area contributed by atoms with Crippen LogP contribution in [-0.4, -0.2) is 45.0 Å². The van der Waals surface area contributed by atoms with Gasteiger partial charge in [-0.25, -0.2) is 4.98 Å². The Morgan fingerprint density at radius 3 is 3.00 bits per heavy atom. The molecule has 0 amide bonds. The van der Waals surface area contributed by atoms with Gasteiger partial charge in [-0.1, -0.05) is 5.16 Å². The van der Waals surface area contributed by atoms with Gasteiger partial charge in [0.25, 0.3) is 0 Å². The van der Waals surface area contributed by atoms with Crippen LogP contribution in [0.4, 0.5) is 0 Å². The Labute approximate surface area is 135 Å². The maximum Gasteiger partial charge on any atom is 0.167 e. The topological polar surface area (TPSA) is 80.1 Å². The van der Waals surface area contributed by atoms with Crippen molar-refractivity contribution in [2.75, 3.05) is 13.7 Å². The van der Waals surface area contributed by atoms with Crippen LogP contribution in [0.3, 0.4) is 0 Å². The third-order valence-corrected chi connectivity index (χ3v) is 5.00. The number of rotatable bonds is 4. The number of H-pyrrole nitrogens is 1. The highest BCUT2D eigenvalue weighted by molar-refractivity contribution is 5.25. The minimum Gasteiger partial charge on any atom is -0.380 e. The summed E-state index contributed by atoms with van der Waals surface area (Å²) in [5, 5.41) is 11.6. The first kappa shape index (κ1) is 14.8. The lowest BCUT2D eigenvalue weighted by Crippen LogP contribution is -2.26. The van der Waals surface area contributed by atoms with Crippen molar-refractivity contribution < 1.29 is 9.26 Å². The van der Waals surface area contributed by atoms with Gasteiger partial charge in [-0.05, 0) is 32.6 Å². The molecule has 7 heteroatoms. The summed E-state index contributed by atoms with van der Waals surface area (Å²) in [5.74, 6) is 2.78. The number of aryl methyl sites for hydroxylation is 2. The zero-order valence-electron chi connectivity index (χ0n) is 13.7. The van der Waals surface area contributed by atoms with Crippen molar-refractivity contribution in [3.8, 4) is 0 Å². The van der Waals surface area contributed by atoms with Crippen LogP contribution in [0.2, 0.25) is 0 Å². The molecule has 7 nitrogen and oxygen atoms in total. The molecule has 1 aliphatic carbocycles. The van der Waals surface area contributed by atoms with Crippen LogP contribution in [0.15, 0.2) is 4.52 Å². The summed E-state index contributed by atoms with van der Waals surface area (Å²) in [5.41, 5.74) is 2.40.